The topological polar surface area (TPSA) is 79.5 Å². The molecule has 2 rings (SSSR count). The van der Waals surface area contributed by atoms with E-state index in [0.717, 1.165) is 16.7 Å². The second kappa shape index (κ2) is 9.89. The van der Waals surface area contributed by atoms with Gasteiger partial charge < -0.3 is 10.1 Å². The highest BCUT2D eigenvalue weighted by Crippen LogP contribution is 2.20. The lowest BCUT2D eigenvalue weighted by atomic mass is 10.1. The first-order valence-electron chi connectivity index (χ1n) is 8.17. The van der Waals surface area contributed by atoms with E-state index in [-0.39, 0.29) is 24.0 Å². The summed E-state index contributed by atoms with van der Waals surface area (Å²) in [6, 6.07) is 12.7. The van der Waals surface area contributed by atoms with E-state index >= 15 is 0 Å². The van der Waals surface area contributed by atoms with Crippen molar-refractivity contribution >= 4 is 40.7 Å². The lowest BCUT2D eigenvalue weighted by Gasteiger charge is -2.12. The second-order valence-electron chi connectivity index (χ2n) is 5.85. The Labute approximate surface area is 168 Å². The molecule has 0 saturated heterocycles. The summed E-state index contributed by atoms with van der Waals surface area (Å²) in [5.41, 5.74) is 7.62. The van der Waals surface area contributed by atoms with Crippen molar-refractivity contribution in [3.63, 3.8) is 0 Å². The summed E-state index contributed by atoms with van der Waals surface area (Å²) in [5.74, 6) is -0.191. The number of nitrogens with one attached hydrogen (secondary N) is 3. The van der Waals surface area contributed by atoms with Gasteiger partial charge in [0.15, 0.2) is 11.7 Å². The highest BCUT2D eigenvalue weighted by atomic mass is 35.5. The molecule has 2 amide bonds. The lowest BCUT2D eigenvalue weighted by Crippen LogP contribution is -2.50. The molecule has 0 heterocycles. The van der Waals surface area contributed by atoms with Crippen LogP contribution in [0, 0.1) is 13.8 Å². The van der Waals surface area contributed by atoms with Crippen LogP contribution in [0.15, 0.2) is 42.5 Å². The summed E-state index contributed by atoms with van der Waals surface area (Å²) in [4.78, 5) is 23.8. The fourth-order valence-electron chi connectivity index (χ4n) is 2.20. The van der Waals surface area contributed by atoms with Gasteiger partial charge in [-0.2, -0.15) is 0 Å². The molecule has 0 saturated carbocycles. The maximum absolute atomic E-state index is 12.0. The third-order valence-electron chi connectivity index (χ3n) is 3.68. The molecule has 0 bridgehead atoms. The first kappa shape index (κ1) is 20.7. The van der Waals surface area contributed by atoms with Crippen LogP contribution in [0.4, 0.5) is 0 Å². The van der Waals surface area contributed by atoms with Gasteiger partial charge in [-0.05, 0) is 61.0 Å². The van der Waals surface area contributed by atoms with Crippen molar-refractivity contribution in [2.45, 2.75) is 20.3 Å². The van der Waals surface area contributed by atoms with Gasteiger partial charge in [0, 0.05) is 5.02 Å². The van der Waals surface area contributed by atoms with Gasteiger partial charge in [-0.25, -0.2) is 0 Å². The van der Waals surface area contributed by atoms with Crippen LogP contribution in [0.25, 0.3) is 0 Å². The fraction of sp³-hybridized carbons (Fsp3) is 0.211. The molecule has 27 heavy (non-hydrogen) atoms. The van der Waals surface area contributed by atoms with Crippen LogP contribution in [0.1, 0.15) is 16.7 Å². The molecule has 2 aromatic carbocycles. The molecule has 0 aliphatic rings. The molecule has 0 aromatic heterocycles. The van der Waals surface area contributed by atoms with Gasteiger partial charge in [-0.15, -0.1) is 0 Å². The number of aryl methyl sites for hydroxylation is 2. The van der Waals surface area contributed by atoms with Crippen LogP contribution >= 0.6 is 23.8 Å². The molecule has 6 nitrogen and oxygen atoms in total. The molecule has 142 valence electrons. The highest BCUT2D eigenvalue weighted by molar-refractivity contribution is 7.80. The maximum atomic E-state index is 12.0. The van der Waals surface area contributed by atoms with Gasteiger partial charge in [-0.3, -0.25) is 20.4 Å². The average Bonchev–Trinajstić information content (AvgIpc) is 2.63. The van der Waals surface area contributed by atoms with Gasteiger partial charge >= 0.3 is 0 Å². The fourth-order valence-corrected chi connectivity index (χ4v) is 2.48. The van der Waals surface area contributed by atoms with Crippen LogP contribution in [0.3, 0.4) is 0 Å². The summed E-state index contributed by atoms with van der Waals surface area (Å²) in [7, 11) is 0. The van der Waals surface area contributed by atoms with Crippen LogP contribution in [0.2, 0.25) is 5.02 Å². The molecule has 0 unspecified atom stereocenters. The molecule has 2 aromatic rings. The Morgan fingerprint density at radius 1 is 1.04 bits per heavy atom. The quantitative estimate of drug-likeness (QED) is 0.526. The summed E-state index contributed by atoms with van der Waals surface area (Å²) in [6.45, 7) is 3.56. The number of benzene rings is 2. The summed E-state index contributed by atoms with van der Waals surface area (Å²) in [5, 5.41) is 3.14. The minimum Gasteiger partial charge on any atom is -0.484 e. The van der Waals surface area contributed by atoms with Crippen LogP contribution in [0.5, 0.6) is 5.75 Å². The second-order valence-corrected chi connectivity index (χ2v) is 6.67. The summed E-state index contributed by atoms with van der Waals surface area (Å²) >= 11 is 10.9. The van der Waals surface area contributed by atoms with E-state index in [2.05, 4.69) is 16.2 Å². The molecule has 0 atom stereocenters. The van der Waals surface area contributed by atoms with Crippen molar-refractivity contribution in [3.8, 4) is 5.75 Å². The monoisotopic (exact) mass is 405 g/mol. The molecular formula is C19H20ClN3O3S. The standard InChI is InChI=1S/C19H20ClN3O3S/c1-12-5-3-4-6-14(12)10-17(24)21-19(27)23-22-18(25)11-26-15-7-8-16(20)13(2)9-15/h3-9H,10-11H2,1-2H3,(H,22,25)(H2,21,23,24,27). The number of ether oxygens (including phenoxy) is 1. The Bertz CT molecular complexity index is 858. The van der Waals surface area contributed by atoms with Crippen LogP contribution < -0.4 is 20.9 Å². The van der Waals surface area contributed by atoms with Gasteiger partial charge in [0.05, 0.1) is 6.42 Å². The maximum Gasteiger partial charge on any atom is 0.276 e. The summed E-state index contributed by atoms with van der Waals surface area (Å²) in [6.07, 6.45) is 0.196. The van der Waals surface area contributed by atoms with Crippen molar-refractivity contribution in [1.29, 1.82) is 0 Å². The van der Waals surface area contributed by atoms with E-state index in [9.17, 15) is 9.59 Å². The molecule has 8 heteroatoms. The SMILES string of the molecule is Cc1cc(OCC(=O)NNC(=S)NC(=O)Cc2ccccc2C)ccc1Cl. The zero-order valence-corrected chi connectivity index (χ0v) is 16.5. The van der Waals surface area contributed by atoms with E-state index in [1.54, 1.807) is 18.2 Å². The first-order chi connectivity index (χ1) is 12.8. The number of thiocarbonyl (C=S) groups is 1. The van der Waals surface area contributed by atoms with Crippen molar-refractivity contribution in [3.05, 3.63) is 64.2 Å². The van der Waals surface area contributed by atoms with Crippen molar-refractivity contribution in [1.82, 2.24) is 16.2 Å². The molecule has 3 N–H and O–H groups in total. The van der Waals surface area contributed by atoms with Crippen molar-refractivity contribution < 1.29 is 14.3 Å². The van der Waals surface area contributed by atoms with E-state index in [0.29, 0.717) is 10.8 Å². The highest BCUT2D eigenvalue weighted by Gasteiger charge is 2.09. The van der Waals surface area contributed by atoms with Crippen molar-refractivity contribution in [2.75, 3.05) is 6.61 Å². The first-order valence-corrected chi connectivity index (χ1v) is 8.96. The van der Waals surface area contributed by atoms with Gasteiger partial charge in [0.1, 0.15) is 5.75 Å². The Hall–Kier alpha value is -2.64. The molecule has 0 radical (unpaired) electrons. The summed E-state index contributed by atoms with van der Waals surface area (Å²) < 4.78 is 5.37. The Kier molecular flexibility index (Phi) is 7.57. The minimum atomic E-state index is -0.446. The van der Waals surface area contributed by atoms with Crippen LogP contribution in [-0.2, 0) is 16.0 Å². The number of halogens is 1. The minimum absolute atomic E-state index is 0.00396. The Balaban J connectivity index is 1.71. The predicted molar refractivity (Wildman–Crippen MR) is 109 cm³/mol. The van der Waals surface area contributed by atoms with Crippen molar-refractivity contribution in [2.24, 2.45) is 0 Å². The predicted octanol–water partition coefficient (Wildman–Crippen LogP) is 2.60. The Morgan fingerprint density at radius 2 is 1.78 bits per heavy atom. The number of carbonyl (C=O) groups excluding carboxylic acids is 2. The largest absolute Gasteiger partial charge is 0.484 e. The van der Waals surface area contributed by atoms with Gasteiger partial charge in [0.25, 0.3) is 5.91 Å². The van der Waals surface area contributed by atoms with Gasteiger partial charge in [-0.1, -0.05) is 35.9 Å². The zero-order chi connectivity index (χ0) is 19.8. The molecule has 0 aliphatic heterocycles. The number of carbonyl (C=O) groups is 2. The molecule has 0 spiro atoms. The van der Waals surface area contributed by atoms with E-state index < -0.39 is 5.91 Å². The van der Waals surface area contributed by atoms with Crippen LogP contribution in [-0.4, -0.2) is 23.5 Å². The van der Waals surface area contributed by atoms with E-state index in [4.69, 9.17) is 28.6 Å². The van der Waals surface area contributed by atoms with Gasteiger partial charge in [0.2, 0.25) is 5.91 Å². The zero-order valence-electron chi connectivity index (χ0n) is 15.0. The molecule has 0 aliphatic carbocycles. The average molecular weight is 406 g/mol. The van der Waals surface area contributed by atoms with E-state index in [1.165, 1.54) is 0 Å². The number of rotatable bonds is 5. The smallest absolute Gasteiger partial charge is 0.276 e. The third kappa shape index (κ3) is 6.88. The lowest BCUT2D eigenvalue weighted by molar-refractivity contribution is -0.124. The Morgan fingerprint density at radius 3 is 2.48 bits per heavy atom. The molecular weight excluding hydrogens is 386 g/mol. The molecule has 0 fully saturated rings. The normalized spacial score (nSPS) is 10.0. The number of hydrogen-bond acceptors (Lipinski definition) is 4. The third-order valence-corrected chi connectivity index (χ3v) is 4.31. The number of hydrazine groups is 1. The van der Waals surface area contributed by atoms with E-state index in [1.807, 2.05) is 38.1 Å². The number of amides is 2. The number of hydrogen-bond donors (Lipinski definition) is 3.